The second kappa shape index (κ2) is 14.4. The van der Waals surface area contributed by atoms with Gasteiger partial charge in [0.05, 0.1) is 11.0 Å². The molecule has 278 valence electrons. The fourth-order valence-electron chi connectivity index (χ4n) is 9.13. The molecule has 0 unspecified atom stereocenters. The largest absolute Gasteiger partial charge is 0.311 e. The lowest BCUT2D eigenvalue weighted by Crippen LogP contribution is -2.10. The van der Waals surface area contributed by atoms with E-state index in [2.05, 4.69) is 241 Å². The van der Waals surface area contributed by atoms with Crippen LogP contribution >= 0.6 is 0 Å². The van der Waals surface area contributed by atoms with Crippen LogP contribution in [0.3, 0.4) is 0 Å². The maximum atomic E-state index is 2.37. The van der Waals surface area contributed by atoms with Crippen LogP contribution in [0.1, 0.15) is 5.56 Å². The summed E-state index contributed by atoms with van der Waals surface area (Å²) < 4.78 is 2.37. The van der Waals surface area contributed by atoms with Crippen LogP contribution in [0.5, 0.6) is 0 Å². The van der Waals surface area contributed by atoms with Gasteiger partial charge < -0.3 is 9.47 Å². The van der Waals surface area contributed by atoms with E-state index in [1.165, 1.54) is 82.3 Å². The Bertz CT molecular complexity index is 3240. The van der Waals surface area contributed by atoms with Crippen molar-refractivity contribution >= 4 is 60.4 Å². The number of fused-ring (bicyclic) bond motifs is 5. The lowest BCUT2D eigenvalue weighted by Gasteiger charge is -2.26. The average Bonchev–Trinajstić information content (AvgIpc) is 3.64. The van der Waals surface area contributed by atoms with Gasteiger partial charge in [-0.25, -0.2) is 0 Å². The minimum atomic E-state index is 1.10. The van der Waals surface area contributed by atoms with Gasteiger partial charge in [0.25, 0.3) is 0 Å². The Morgan fingerprint density at radius 2 is 0.712 bits per heavy atom. The molecule has 11 rings (SSSR count). The van der Waals surface area contributed by atoms with E-state index < -0.39 is 0 Å². The van der Waals surface area contributed by atoms with E-state index in [0.29, 0.717) is 0 Å². The second-order valence-electron chi connectivity index (χ2n) is 15.4. The summed E-state index contributed by atoms with van der Waals surface area (Å²) in [6.07, 6.45) is 0. The van der Waals surface area contributed by atoms with E-state index in [9.17, 15) is 0 Å². The van der Waals surface area contributed by atoms with Gasteiger partial charge in [-0.05, 0) is 123 Å². The van der Waals surface area contributed by atoms with Crippen molar-refractivity contribution in [2.24, 2.45) is 0 Å². The van der Waals surface area contributed by atoms with Gasteiger partial charge in [-0.15, -0.1) is 0 Å². The van der Waals surface area contributed by atoms with Crippen molar-refractivity contribution in [3.63, 3.8) is 0 Å². The Hall–Kier alpha value is -7.68. The van der Waals surface area contributed by atoms with Crippen molar-refractivity contribution in [1.82, 2.24) is 4.57 Å². The molecule has 0 radical (unpaired) electrons. The first-order valence-corrected chi connectivity index (χ1v) is 20.3. The Kier molecular flexibility index (Phi) is 8.41. The predicted molar refractivity (Wildman–Crippen MR) is 252 cm³/mol. The third-order valence-electron chi connectivity index (χ3n) is 11.8. The molecule has 0 atom stereocenters. The second-order valence-corrected chi connectivity index (χ2v) is 15.4. The van der Waals surface area contributed by atoms with Gasteiger partial charge in [0.2, 0.25) is 0 Å². The van der Waals surface area contributed by atoms with Crippen LogP contribution < -0.4 is 4.90 Å². The highest BCUT2D eigenvalue weighted by Crippen LogP contribution is 2.44. The van der Waals surface area contributed by atoms with E-state index >= 15 is 0 Å². The molecule has 0 saturated heterocycles. The van der Waals surface area contributed by atoms with Crippen LogP contribution in [-0.2, 0) is 0 Å². The quantitative estimate of drug-likeness (QED) is 0.147. The number of hydrogen-bond donors (Lipinski definition) is 0. The molecule has 2 nitrogen and oxygen atoms in total. The SMILES string of the molecule is Cc1ccc2c(-c3ccc(-c4ccc(N(c5ccccc5)c5ccc(-n6c7ccccc7c7ccccc76)cc5)cc4)cc3)c3ccccc3c(-c3ccccc3)c2c1. The van der Waals surface area contributed by atoms with Gasteiger partial charge in [0.1, 0.15) is 0 Å². The van der Waals surface area contributed by atoms with Gasteiger partial charge in [-0.1, -0.05) is 169 Å². The minimum Gasteiger partial charge on any atom is -0.311 e. The van der Waals surface area contributed by atoms with Crippen molar-refractivity contribution in [3.8, 4) is 39.1 Å². The summed E-state index contributed by atoms with van der Waals surface area (Å²) in [4.78, 5) is 2.33. The van der Waals surface area contributed by atoms with E-state index in [1.807, 2.05) is 0 Å². The standard InChI is InChI=1S/C57H40N2/c1-39-24-37-52-53(38-39)57(42-14-4-2-5-15-42)51-21-9-8-20-50(51)56(52)43-27-25-40(26-28-43)41-29-31-45(32-30-41)58(44-16-6-3-7-17-44)46-33-35-47(36-34-46)59-54-22-12-10-18-48(54)49-19-11-13-23-55(49)59/h2-38H,1H3. The highest BCUT2D eigenvalue weighted by Gasteiger charge is 2.18. The molecule has 2 heteroatoms. The number of aryl methyl sites for hydroxylation is 1. The lowest BCUT2D eigenvalue weighted by molar-refractivity contribution is 1.17. The Morgan fingerprint density at radius 3 is 1.31 bits per heavy atom. The first-order chi connectivity index (χ1) is 29.2. The summed E-state index contributed by atoms with van der Waals surface area (Å²) in [5, 5.41) is 7.63. The van der Waals surface area contributed by atoms with E-state index in [1.54, 1.807) is 0 Å². The molecule has 0 spiro atoms. The summed E-state index contributed by atoms with van der Waals surface area (Å²) in [5.74, 6) is 0. The molecule has 0 N–H and O–H groups in total. The van der Waals surface area contributed by atoms with Crippen LogP contribution in [0, 0.1) is 6.92 Å². The zero-order valence-electron chi connectivity index (χ0n) is 32.8. The molecule has 0 aliphatic heterocycles. The third-order valence-corrected chi connectivity index (χ3v) is 11.8. The average molecular weight is 753 g/mol. The van der Waals surface area contributed by atoms with Gasteiger partial charge in [0.15, 0.2) is 0 Å². The van der Waals surface area contributed by atoms with Crippen LogP contribution in [0.15, 0.2) is 224 Å². The number of para-hydroxylation sites is 3. The number of rotatable bonds is 7. The van der Waals surface area contributed by atoms with Crippen LogP contribution in [-0.4, -0.2) is 4.57 Å². The zero-order valence-corrected chi connectivity index (χ0v) is 32.8. The molecule has 11 aromatic rings. The normalized spacial score (nSPS) is 11.5. The first kappa shape index (κ1) is 34.6. The Balaban J connectivity index is 0.948. The third kappa shape index (κ3) is 5.97. The number of hydrogen-bond acceptors (Lipinski definition) is 1. The highest BCUT2D eigenvalue weighted by molar-refractivity contribution is 6.21. The van der Waals surface area contributed by atoms with Gasteiger partial charge in [-0.3, -0.25) is 0 Å². The maximum Gasteiger partial charge on any atom is 0.0541 e. The van der Waals surface area contributed by atoms with Gasteiger partial charge in [0, 0.05) is 33.5 Å². The summed E-state index contributed by atoms with van der Waals surface area (Å²) in [6.45, 7) is 2.19. The molecule has 0 amide bonds. The molecule has 10 aromatic carbocycles. The molecule has 1 heterocycles. The summed E-state index contributed by atoms with van der Waals surface area (Å²) in [6, 6.07) is 81.6. The molecule has 0 saturated carbocycles. The summed E-state index contributed by atoms with van der Waals surface area (Å²) >= 11 is 0. The molecule has 0 fully saturated rings. The Morgan fingerprint density at radius 1 is 0.305 bits per heavy atom. The van der Waals surface area contributed by atoms with Crippen molar-refractivity contribution in [2.45, 2.75) is 6.92 Å². The van der Waals surface area contributed by atoms with Crippen LogP contribution in [0.4, 0.5) is 17.1 Å². The monoisotopic (exact) mass is 752 g/mol. The molecule has 0 bridgehead atoms. The summed E-state index contributed by atoms with van der Waals surface area (Å²) in [5.41, 5.74) is 15.5. The first-order valence-electron chi connectivity index (χ1n) is 20.3. The number of aromatic nitrogens is 1. The smallest absolute Gasteiger partial charge is 0.0541 e. The number of anilines is 3. The zero-order chi connectivity index (χ0) is 39.3. The molecule has 0 aliphatic rings. The van der Waals surface area contributed by atoms with Crippen molar-refractivity contribution in [1.29, 1.82) is 0 Å². The fourth-order valence-corrected chi connectivity index (χ4v) is 9.13. The molecular weight excluding hydrogens is 713 g/mol. The predicted octanol–water partition coefficient (Wildman–Crippen LogP) is 15.9. The highest BCUT2D eigenvalue weighted by atomic mass is 15.1. The maximum absolute atomic E-state index is 2.37. The number of nitrogens with zero attached hydrogens (tertiary/aromatic N) is 2. The minimum absolute atomic E-state index is 1.10. The van der Waals surface area contributed by atoms with Crippen LogP contribution in [0.2, 0.25) is 0 Å². The van der Waals surface area contributed by atoms with Crippen molar-refractivity contribution in [3.05, 3.63) is 230 Å². The van der Waals surface area contributed by atoms with E-state index in [-0.39, 0.29) is 0 Å². The lowest BCUT2D eigenvalue weighted by atomic mass is 9.85. The summed E-state index contributed by atoms with van der Waals surface area (Å²) in [7, 11) is 0. The molecule has 0 aliphatic carbocycles. The van der Waals surface area contributed by atoms with E-state index in [0.717, 1.165) is 22.7 Å². The van der Waals surface area contributed by atoms with Gasteiger partial charge in [-0.2, -0.15) is 0 Å². The van der Waals surface area contributed by atoms with Crippen LogP contribution in [0.25, 0.3) is 82.4 Å². The van der Waals surface area contributed by atoms with E-state index in [4.69, 9.17) is 0 Å². The molecule has 59 heavy (non-hydrogen) atoms. The van der Waals surface area contributed by atoms with Crippen molar-refractivity contribution < 1.29 is 0 Å². The topological polar surface area (TPSA) is 8.17 Å². The fraction of sp³-hybridized carbons (Fsp3) is 0.0175. The number of benzene rings is 10. The molecular formula is C57H40N2. The van der Waals surface area contributed by atoms with Gasteiger partial charge >= 0.3 is 0 Å². The Labute approximate surface area is 344 Å². The molecule has 1 aromatic heterocycles. The van der Waals surface area contributed by atoms with Crippen molar-refractivity contribution in [2.75, 3.05) is 4.90 Å².